The molecule has 0 radical (unpaired) electrons. The molecular weight excluding hydrogens is 336 g/mol. The van der Waals surface area contributed by atoms with E-state index < -0.39 is 22.2 Å². The molecule has 2 atom stereocenters. The number of Topliss-reactive ketones (excluding diaryl/α,β-unsaturated/α-hetero) is 1. The van der Waals surface area contributed by atoms with Crippen molar-refractivity contribution in [2.45, 2.75) is 64.8 Å². The van der Waals surface area contributed by atoms with E-state index in [9.17, 15) is 4.79 Å². The number of carbonyl (C=O) groups excluding carboxylic acids is 1. The zero-order chi connectivity index (χ0) is 18.8. The van der Waals surface area contributed by atoms with E-state index in [1.165, 1.54) is 0 Å². The smallest absolute Gasteiger partial charge is 0.195 e. The molecule has 0 fully saturated rings. The molecule has 24 heavy (non-hydrogen) atoms. The van der Waals surface area contributed by atoms with Crippen LogP contribution in [-0.4, -0.2) is 41.2 Å². The monoisotopic (exact) mass is 368 g/mol. The molecule has 1 rings (SSSR count). The molecule has 0 bridgehead atoms. The van der Waals surface area contributed by atoms with Crippen molar-refractivity contribution in [2.75, 3.05) is 7.11 Å². The first kappa shape index (κ1) is 21.1. The fourth-order valence-electron chi connectivity index (χ4n) is 2.62. The van der Waals surface area contributed by atoms with Crippen molar-refractivity contribution >= 4 is 22.4 Å². The van der Waals surface area contributed by atoms with Gasteiger partial charge in [0.1, 0.15) is 11.4 Å². The van der Waals surface area contributed by atoms with Gasteiger partial charge in [0.2, 0.25) is 0 Å². The highest BCUT2D eigenvalue weighted by atomic mass is 28.4. The number of hydrogen-bond acceptors (Lipinski definition) is 4. The SMILES string of the molecule is COc1ccc(C(=O)[C@@](C)(O[Si](C)(C)C)[C@H](C)O[Si](C)(C)C)cc1. The lowest BCUT2D eigenvalue weighted by molar-refractivity contribution is -0.0120. The Labute approximate surface area is 148 Å². The molecular formula is C18H32O4Si2. The summed E-state index contributed by atoms with van der Waals surface area (Å²) in [6.45, 7) is 16.4. The van der Waals surface area contributed by atoms with Crippen molar-refractivity contribution in [3.63, 3.8) is 0 Å². The Bertz CT molecular complexity index is 558. The van der Waals surface area contributed by atoms with Crippen LogP contribution in [0.3, 0.4) is 0 Å². The topological polar surface area (TPSA) is 44.8 Å². The molecule has 0 aromatic heterocycles. The number of carbonyl (C=O) groups is 1. The minimum absolute atomic E-state index is 0.0432. The summed E-state index contributed by atoms with van der Waals surface area (Å²) in [6.07, 6.45) is -0.314. The third-order valence-electron chi connectivity index (χ3n) is 3.63. The third-order valence-corrected chi connectivity index (χ3v) is 5.72. The van der Waals surface area contributed by atoms with E-state index in [0.717, 1.165) is 5.75 Å². The van der Waals surface area contributed by atoms with Gasteiger partial charge < -0.3 is 13.6 Å². The average molecular weight is 369 g/mol. The van der Waals surface area contributed by atoms with Crippen molar-refractivity contribution in [1.82, 2.24) is 0 Å². The molecule has 0 heterocycles. The van der Waals surface area contributed by atoms with E-state index in [2.05, 4.69) is 39.3 Å². The Morgan fingerprint density at radius 1 is 1.00 bits per heavy atom. The summed E-state index contributed by atoms with van der Waals surface area (Å²) in [4.78, 5) is 13.3. The Morgan fingerprint density at radius 2 is 1.50 bits per heavy atom. The van der Waals surface area contributed by atoms with E-state index in [-0.39, 0.29) is 11.9 Å². The van der Waals surface area contributed by atoms with Crippen molar-refractivity contribution in [1.29, 1.82) is 0 Å². The molecule has 0 amide bonds. The molecule has 1 aromatic carbocycles. The maximum Gasteiger partial charge on any atom is 0.195 e. The van der Waals surface area contributed by atoms with Gasteiger partial charge in [-0.15, -0.1) is 0 Å². The first-order chi connectivity index (χ1) is 10.8. The van der Waals surface area contributed by atoms with E-state index in [1.807, 2.05) is 13.8 Å². The number of benzene rings is 1. The van der Waals surface area contributed by atoms with Crippen LogP contribution in [0.2, 0.25) is 39.3 Å². The first-order valence-electron chi connectivity index (χ1n) is 8.35. The Morgan fingerprint density at radius 3 is 1.88 bits per heavy atom. The van der Waals surface area contributed by atoms with Gasteiger partial charge >= 0.3 is 0 Å². The highest BCUT2D eigenvalue weighted by Crippen LogP contribution is 2.30. The molecule has 1 aromatic rings. The standard InChI is InChI=1S/C18H32O4Si2/c1-14(21-23(4,5)6)18(2,22-24(7,8)9)17(19)15-10-12-16(20-3)13-11-15/h10-14H,1-9H3/t14-,18-/m0/s1. The largest absolute Gasteiger partial charge is 0.497 e. The molecule has 0 unspecified atom stereocenters. The molecule has 4 nitrogen and oxygen atoms in total. The van der Waals surface area contributed by atoms with Crippen LogP contribution < -0.4 is 4.74 Å². The van der Waals surface area contributed by atoms with Gasteiger partial charge in [-0.1, -0.05) is 0 Å². The Kier molecular flexibility index (Phi) is 6.60. The van der Waals surface area contributed by atoms with E-state index in [0.29, 0.717) is 5.56 Å². The minimum Gasteiger partial charge on any atom is -0.497 e. The number of methoxy groups -OCH3 is 1. The second-order valence-electron chi connectivity index (χ2n) is 8.25. The van der Waals surface area contributed by atoms with Gasteiger partial charge in [-0.05, 0) is 77.4 Å². The fraction of sp³-hybridized carbons (Fsp3) is 0.611. The number of ketones is 1. The molecule has 0 aliphatic rings. The maximum atomic E-state index is 13.3. The van der Waals surface area contributed by atoms with Crippen molar-refractivity contribution in [2.24, 2.45) is 0 Å². The van der Waals surface area contributed by atoms with Crippen LogP contribution in [0.1, 0.15) is 24.2 Å². The second kappa shape index (κ2) is 7.51. The van der Waals surface area contributed by atoms with Crippen LogP contribution in [0.15, 0.2) is 24.3 Å². The predicted molar refractivity (Wildman–Crippen MR) is 104 cm³/mol. The number of ether oxygens (including phenoxy) is 1. The van der Waals surface area contributed by atoms with Crippen molar-refractivity contribution < 1.29 is 18.4 Å². The van der Waals surface area contributed by atoms with Gasteiger partial charge in [0.25, 0.3) is 0 Å². The second-order valence-corrected chi connectivity index (χ2v) is 17.1. The van der Waals surface area contributed by atoms with Crippen LogP contribution in [0, 0.1) is 0 Å². The zero-order valence-electron chi connectivity index (χ0n) is 16.5. The van der Waals surface area contributed by atoms with Crippen molar-refractivity contribution in [3.8, 4) is 5.75 Å². The highest BCUT2D eigenvalue weighted by Gasteiger charge is 2.45. The summed E-state index contributed by atoms with van der Waals surface area (Å²) in [7, 11) is -2.15. The molecule has 0 aliphatic heterocycles. The highest BCUT2D eigenvalue weighted by molar-refractivity contribution is 6.70. The normalized spacial score (nSPS) is 16.4. The molecule has 0 saturated heterocycles. The maximum absolute atomic E-state index is 13.3. The van der Waals surface area contributed by atoms with Crippen LogP contribution in [-0.2, 0) is 8.85 Å². The van der Waals surface area contributed by atoms with Gasteiger partial charge in [-0.25, -0.2) is 0 Å². The first-order valence-corrected chi connectivity index (χ1v) is 15.2. The van der Waals surface area contributed by atoms with Gasteiger partial charge in [0, 0.05) is 5.56 Å². The molecule has 0 saturated carbocycles. The lowest BCUT2D eigenvalue weighted by Crippen LogP contribution is -2.56. The summed E-state index contributed by atoms with van der Waals surface area (Å²) in [6, 6.07) is 7.17. The van der Waals surface area contributed by atoms with E-state index in [1.54, 1.807) is 31.4 Å². The zero-order valence-corrected chi connectivity index (χ0v) is 18.5. The van der Waals surface area contributed by atoms with Gasteiger partial charge in [0.15, 0.2) is 22.4 Å². The van der Waals surface area contributed by atoms with E-state index >= 15 is 0 Å². The average Bonchev–Trinajstić information content (AvgIpc) is 2.43. The lowest BCUT2D eigenvalue weighted by atomic mass is 9.90. The Hall–Kier alpha value is -0.956. The fourth-order valence-corrected chi connectivity index (χ4v) is 5.44. The molecule has 0 spiro atoms. The minimum atomic E-state index is -1.95. The summed E-state index contributed by atoms with van der Waals surface area (Å²) in [5.41, 5.74) is -0.387. The summed E-state index contributed by atoms with van der Waals surface area (Å²) in [5.74, 6) is 0.684. The number of hydrogen-bond donors (Lipinski definition) is 0. The Balaban J connectivity index is 3.22. The summed E-state index contributed by atoms with van der Waals surface area (Å²) in [5, 5.41) is 0. The number of rotatable bonds is 8. The van der Waals surface area contributed by atoms with E-state index in [4.69, 9.17) is 13.6 Å². The summed E-state index contributed by atoms with van der Waals surface area (Å²) >= 11 is 0. The van der Waals surface area contributed by atoms with Crippen LogP contribution >= 0.6 is 0 Å². The lowest BCUT2D eigenvalue weighted by Gasteiger charge is -2.41. The predicted octanol–water partition coefficient (Wildman–Crippen LogP) is 4.73. The molecule has 6 heteroatoms. The van der Waals surface area contributed by atoms with Gasteiger partial charge in [0.05, 0.1) is 13.2 Å². The third kappa shape index (κ3) is 5.84. The van der Waals surface area contributed by atoms with Gasteiger partial charge in [-0.2, -0.15) is 0 Å². The quantitative estimate of drug-likeness (QED) is 0.491. The molecule has 0 N–H and O–H groups in total. The summed E-state index contributed by atoms with van der Waals surface area (Å²) < 4.78 is 17.8. The van der Waals surface area contributed by atoms with Crippen LogP contribution in [0.25, 0.3) is 0 Å². The van der Waals surface area contributed by atoms with Crippen LogP contribution in [0.5, 0.6) is 5.75 Å². The van der Waals surface area contributed by atoms with Crippen molar-refractivity contribution in [3.05, 3.63) is 29.8 Å². The molecule has 136 valence electrons. The van der Waals surface area contributed by atoms with Crippen LogP contribution in [0.4, 0.5) is 0 Å². The van der Waals surface area contributed by atoms with Gasteiger partial charge in [-0.3, -0.25) is 4.79 Å². The molecule has 0 aliphatic carbocycles.